The van der Waals surface area contributed by atoms with E-state index in [0.29, 0.717) is 30.4 Å². The van der Waals surface area contributed by atoms with Crippen LogP contribution in [0.2, 0.25) is 0 Å². The molecule has 4 N–H and O–H groups in total. The first kappa shape index (κ1) is 27.8. The number of benzene rings is 3. The molecule has 0 aliphatic carbocycles. The minimum Gasteiger partial charge on any atom is -0.496 e. The predicted octanol–water partition coefficient (Wildman–Crippen LogP) is 3.14. The fraction of sp³-hybridized carbons (Fsp3) is 0.357. The summed E-state index contributed by atoms with van der Waals surface area (Å²) in [6.07, 6.45) is -0.858. The van der Waals surface area contributed by atoms with Crippen LogP contribution in [0.4, 0.5) is 5.69 Å². The number of ether oxygens (including phenoxy) is 3. The summed E-state index contributed by atoms with van der Waals surface area (Å²) in [6.45, 7) is 2.42. The van der Waals surface area contributed by atoms with Crippen molar-refractivity contribution in [3.8, 4) is 11.5 Å². The van der Waals surface area contributed by atoms with Gasteiger partial charge in [0, 0.05) is 16.6 Å². The lowest BCUT2D eigenvalue weighted by Crippen LogP contribution is -2.55. The van der Waals surface area contributed by atoms with Crippen LogP contribution in [0, 0.1) is 0 Å². The number of halogens is 1. The highest BCUT2D eigenvalue weighted by Gasteiger charge is 2.32. The number of carbonyl (C=O) groups is 2. The normalized spacial score (nSPS) is 18.1. The second-order valence-corrected chi connectivity index (χ2v) is 10.00. The molecule has 3 atom stereocenters. The number of methoxy groups -OCH3 is 1. The van der Waals surface area contributed by atoms with Crippen molar-refractivity contribution in [2.75, 3.05) is 31.8 Å². The monoisotopic (exact) mass is 585 g/mol. The molecule has 4 rings (SSSR count). The molecular weight excluding hydrogens is 554 g/mol. The minimum atomic E-state index is -1.18. The van der Waals surface area contributed by atoms with E-state index in [2.05, 4.69) is 21.2 Å². The largest absolute Gasteiger partial charge is 0.496 e. The van der Waals surface area contributed by atoms with Crippen molar-refractivity contribution in [1.29, 1.82) is 0 Å². The zero-order valence-corrected chi connectivity index (χ0v) is 22.9. The lowest BCUT2D eigenvalue weighted by atomic mass is 10.0. The Bertz CT molecular complexity index is 1300. The molecule has 9 nitrogen and oxygen atoms in total. The van der Waals surface area contributed by atoms with Crippen LogP contribution in [-0.4, -0.2) is 62.0 Å². The number of carbonyl (C=O) groups excluding carboxylic acids is 2. The van der Waals surface area contributed by atoms with Crippen LogP contribution in [0.1, 0.15) is 18.9 Å². The second kappa shape index (κ2) is 12.6. The van der Waals surface area contributed by atoms with Crippen LogP contribution >= 0.6 is 15.9 Å². The number of hydrogen-bond donors (Lipinski definition) is 3. The fourth-order valence-corrected chi connectivity index (χ4v) is 4.77. The van der Waals surface area contributed by atoms with E-state index >= 15 is 0 Å². The molecule has 0 unspecified atom stereocenters. The van der Waals surface area contributed by atoms with E-state index in [1.807, 2.05) is 42.5 Å². The van der Waals surface area contributed by atoms with Gasteiger partial charge in [0.25, 0.3) is 0 Å². The average Bonchev–Trinajstić information content (AvgIpc) is 2.94. The average molecular weight is 586 g/mol. The van der Waals surface area contributed by atoms with E-state index in [-0.39, 0.29) is 25.5 Å². The van der Waals surface area contributed by atoms with Gasteiger partial charge < -0.3 is 35.3 Å². The molecule has 1 aliphatic heterocycles. The first-order valence-electron chi connectivity index (χ1n) is 12.4. The van der Waals surface area contributed by atoms with Crippen molar-refractivity contribution < 1.29 is 28.9 Å². The number of nitrogens with zero attached hydrogens (tertiary/aromatic N) is 1. The quantitative estimate of drug-likeness (QED) is 0.406. The smallest absolute Gasteiger partial charge is 0.250 e. The summed E-state index contributed by atoms with van der Waals surface area (Å²) >= 11 is 3.52. The SMILES string of the molecule is COc1ccc2cc(Br)ccc2c1CN1C(=O)[C@H](NC(=O)[C@@H](N)[C@H](C)O)CCOCCOc2ccccc21. The maximum atomic E-state index is 14.2. The van der Waals surface area contributed by atoms with Crippen LogP contribution in [0.3, 0.4) is 0 Å². The molecule has 202 valence electrons. The van der Waals surface area contributed by atoms with Crippen molar-refractivity contribution in [2.45, 2.75) is 38.1 Å². The maximum absolute atomic E-state index is 14.2. The number of fused-ring (bicyclic) bond motifs is 2. The lowest BCUT2D eigenvalue weighted by Gasteiger charge is -2.30. The summed E-state index contributed by atoms with van der Waals surface area (Å²) in [6, 6.07) is 14.9. The Morgan fingerprint density at radius 3 is 2.76 bits per heavy atom. The van der Waals surface area contributed by atoms with Gasteiger partial charge in [0.15, 0.2) is 0 Å². The number of nitrogens with one attached hydrogen (secondary N) is 1. The number of rotatable bonds is 6. The van der Waals surface area contributed by atoms with Gasteiger partial charge in [0.05, 0.1) is 32.1 Å². The Morgan fingerprint density at radius 2 is 2.00 bits per heavy atom. The number of aliphatic hydroxyl groups excluding tert-OH is 1. The Balaban J connectivity index is 1.81. The summed E-state index contributed by atoms with van der Waals surface area (Å²) in [5.74, 6) is 0.151. The van der Waals surface area contributed by atoms with Crippen molar-refractivity contribution in [3.05, 3.63) is 64.6 Å². The van der Waals surface area contributed by atoms with Crippen LogP contribution in [-0.2, 0) is 20.9 Å². The number of para-hydroxylation sites is 2. The molecule has 0 radical (unpaired) electrons. The summed E-state index contributed by atoms with van der Waals surface area (Å²) in [4.78, 5) is 28.6. The van der Waals surface area contributed by atoms with Crippen molar-refractivity contribution in [2.24, 2.45) is 5.73 Å². The van der Waals surface area contributed by atoms with E-state index in [9.17, 15) is 14.7 Å². The minimum absolute atomic E-state index is 0.150. The standard InChI is InChI=1S/C28H32BrN3O6/c1-17(33)26(30)27(34)31-22-11-12-37-13-14-38-25-6-4-3-5-23(25)32(28(22)35)16-21-20-9-8-19(29)15-18(20)7-10-24(21)36-2/h3-10,15,17,22,26,33H,11-14,16,30H2,1-2H3,(H,31,34)/t17-,22+,26-/m0/s1. The highest BCUT2D eigenvalue weighted by atomic mass is 79.9. The van der Waals surface area contributed by atoms with Gasteiger partial charge in [-0.05, 0) is 54.4 Å². The first-order chi connectivity index (χ1) is 18.3. The fourth-order valence-electron chi connectivity index (χ4n) is 4.39. The van der Waals surface area contributed by atoms with Gasteiger partial charge in [-0.1, -0.05) is 40.2 Å². The number of anilines is 1. The molecule has 0 bridgehead atoms. The predicted molar refractivity (Wildman–Crippen MR) is 148 cm³/mol. The summed E-state index contributed by atoms with van der Waals surface area (Å²) in [5, 5.41) is 14.5. The Labute approximate surface area is 230 Å². The van der Waals surface area contributed by atoms with Gasteiger partial charge in [-0.2, -0.15) is 0 Å². The summed E-state index contributed by atoms with van der Waals surface area (Å²) in [5.41, 5.74) is 7.22. The maximum Gasteiger partial charge on any atom is 0.250 e. The van der Waals surface area contributed by atoms with Crippen LogP contribution in [0.15, 0.2) is 59.1 Å². The van der Waals surface area contributed by atoms with Crippen LogP contribution < -0.4 is 25.4 Å². The Hall–Kier alpha value is -3.18. The van der Waals surface area contributed by atoms with E-state index in [4.69, 9.17) is 19.9 Å². The van der Waals surface area contributed by atoms with Crippen LogP contribution in [0.25, 0.3) is 10.8 Å². The van der Waals surface area contributed by atoms with Crippen LogP contribution in [0.5, 0.6) is 11.5 Å². The zero-order chi connectivity index (χ0) is 27.2. The number of nitrogens with two attached hydrogens (primary N) is 1. The van der Waals surface area contributed by atoms with Crippen molar-refractivity contribution in [3.63, 3.8) is 0 Å². The van der Waals surface area contributed by atoms with Gasteiger partial charge in [0.2, 0.25) is 11.8 Å². The van der Waals surface area contributed by atoms with E-state index < -0.39 is 24.1 Å². The molecule has 1 aliphatic rings. The van der Waals surface area contributed by atoms with Gasteiger partial charge >= 0.3 is 0 Å². The molecule has 38 heavy (non-hydrogen) atoms. The van der Waals surface area contributed by atoms with Crippen molar-refractivity contribution >= 4 is 44.2 Å². The Morgan fingerprint density at radius 1 is 1.21 bits per heavy atom. The molecule has 0 fully saturated rings. The van der Waals surface area contributed by atoms with Gasteiger partial charge in [-0.15, -0.1) is 0 Å². The topological polar surface area (TPSA) is 123 Å². The first-order valence-corrected chi connectivity index (χ1v) is 13.2. The zero-order valence-electron chi connectivity index (χ0n) is 21.4. The molecule has 0 spiro atoms. The van der Waals surface area contributed by atoms with Crippen molar-refractivity contribution in [1.82, 2.24) is 5.32 Å². The van der Waals surface area contributed by atoms with E-state index in [0.717, 1.165) is 20.8 Å². The molecule has 0 aromatic heterocycles. The molecule has 1 heterocycles. The number of amides is 2. The van der Waals surface area contributed by atoms with Gasteiger partial charge in [-0.3, -0.25) is 9.59 Å². The van der Waals surface area contributed by atoms with Gasteiger partial charge in [-0.25, -0.2) is 0 Å². The summed E-state index contributed by atoms with van der Waals surface area (Å²) in [7, 11) is 1.59. The molecular formula is C28H32BrN3O6. The highest BCUT2D eigenvalue weighted by molar-refractivity contribution is 9.10. The molecule has 0 saturated heterocycles. The summed E-state index contributed by atoms with van der Waals surface area (Å²) < 4.78 is 18.3. The molecule has 2 amide bonds. The third-order valence-electron chi connectivity index (χ3n) is 6.48. The Kier molecular flexibility index (Phi) is 9.22. The molecule has 3 aromatic carbocycles. The third kappa shape index (κ3) is 6.27. The number of aliphatic hydroxyl groups is 1. The molecule has 3 aromatic rings. The lowest BCUT2D eigenvalue weighted by molar-refractivity contribution is -0.130. The van der Waals surface area contributed by atoms with E-state index in [1.54, 1.807) is 24.1 Å². The van der Waals surface area contributed by atoms with Gasteiger partial charge in [0.1, 0.15) is 30.2 Å². The van der Waals surface area contributed by atoms with E-state index in [1.165, 1.54) is 6.92 Å². The second-order valence-electron chi connectivity index (χ2n) is 9.08. The number of hydrogen-bond acceptors (Lipinski definition) is 7. The highest BCUT2D eigenvalue weighted by Crippen LogP contribution is 2.35. The third-order valence-corrected chi connectivity index (χ3v) is 6.98. The molecule has 0 saturated carbocycles. The molecule has 10 heteroatoms.